The van der Waals surface area contributed by atoms with Crippen LogP contribution in [0.3, 0.4) is 0 Å². The van der Waals surface area contributed by atoms with Gasteiger partial charge in [-0.25, -0.2) is 4.98 Å². The second-order valence-corrected chi connectivity index (χ2v) is 7.30. The lowest BCUT2D eigenvalue weighted by atomic mass is 10.2. The smallest absolute Gasteiger partial charge is 0.103 e. The molecule has 1 aromatic heterocycles. The van der Waals surface area contributed by atoms with Gasteiger partial charge in [0.15, 0.2) is 0 Å². The maximum Gasteiger partial charge on any atom is 0.103 e. The number of aryl methyl sites for hydroxylation is 1. The zero-order valence-corrected chi connectivity index (χ0v) is 13.9. The van der Waals surface area contributed by atoms with Gasteiger partial charge in [-0.2, -0.15) is 11.8 Å². The van der Waals surface area contributed by atoms with Crippen molar-refractivity contribution in [2.45, 2.75) is 64.5 Å². The van der Waals surface area contributed by atoms with Gasteiger partial charge < -0.3 is 5.32 Å². The van der Waals surface area contributed by atoms with E-state index in [9.17, 15) is 0 Å². The van der Waals surface area contributed by atoms with E-state index in [1.807, 2.05) is 23.1 Å². The molecule has 0 bridgehead atoms. The lowest BCUT2D eigenvalue weighted by Crippen LogP contribution is -2.18. The van der Waals surface area contributed by atoms with Crippen molar-refractivity contribution in [1.82, 2.24) is 10.3 Å². The molecule has 0 amide bonds. The molecule has 2 atom stereocenters. The van der Waals surface area contributed by atoms with E-state index in [2.05, 4.69) is 39.9 Å². The Morgan fingerprint density at radius 2 is 2.06 bits per heavy atom. The summed E-state index contributed by atoms with van der Waals surface area (Å²) in [6.07, 6.45) is 2.41. The first-order valence-electron chi connectivity index (χ1n) is 6.89. The van der Waals surface area contributed by atoms with Crippen LogP contribution >= 0.6 is 23.1 Å². The van der Waals surface area contributed by atoms with E-state index < -0.39 is 0 Å². The van der Waals surface area contributed by atoms with Crippen LogP contribution in [-0.4, -0.2) is 16.8 Å². The van der Waals surface area contributed by atoms with Gasteiger partial charge in [-0.3, -0.25) is 0 Å². The van der Waals surface area contributed by atoms with Crippen molar-refractivity contribution in [3.8, 4) is 0 Å². The fourth-order valence-corrected chi connectivity index (χ4v) is 3.77. The third-order valence-electron chi connectivity index (χ3n) is 3.04. The predicted octanol–water partition coefficient (Wildman–Crippen LogP) is 4.54. The molecule has 1 rings (SSSR count). The van der Waals surface area contributed by atoms with Gasteiger partial charge in [0.25, 0.3) is 0 Å². The van der Waals surface area contributed by atoms with Crippen molar-refractivity contribution >= 4 is 23.1 Å². The van der Waals surface area contributed by atoms with E-state index >= 15 is 0 Å². The van der Waals surface area contributed by atoms with Crippen LogP contribution in [0.1, 0.15) is 62.2 Å². The third kappa shape index (κ3) is 4.90. The molecule has 0 fully saturated rings. The largest absolute Gasteiger partial charge is 0.309 e. The number of thioether (sulfide) groups is 1. The third-order valence-corrected chi connectivity index (χ3v) is 5.90. The van der Waals surface area contributed by atoms with Crippen LogP contribution in [0.5, 0.6) is 0 Å². The van der Waals surface area contributed by atoms with Crippen LogP contribution in [0.2, 0.25) is 0 Å². The van der Waals surface area contributed by atoms with Crippen molar-refractivity contribution in [2.24, 2.45) is 0 Å². The summed E-state index contributed by atoms with van der Waals surface area (Å²) in [5.41, 5.74) is 1.20. The lowest BCUT2D eigenvalue weighted by molar-refractivity contribution is 0.575. The molecular formula is C14H26N2S2. The van der Waals surface area contributed by atoms with E-state index in [0.717, 1.165) is 17.5 Å². The number of hydrogen-bond donors (Lipinski definition) is 1. The standard InChI is InChI=1S/C14H26N2S2/c1-6-8-15-11(4)14-12(5)16-13(18-14)9-17-10(3)7-2/h10-11,15H,6-9H2,1-5H3. The lowest BCUT2D eigenvalue weighted by Gasteiger charge is -2.11. The highest BCUT2D eigenvalue weighted by atomic mass is 32.2. The summed E-state index contributed by atoms with van der Waals surface area (Å²) >= 11 is 3.88. The van der Waals surface area contributed by atoms with E-state index in [-0.39, 0.29) is 0 Å². The molecule has 0 aliphatic carbocycles. The maximum atomic E-state index is 4.70. The molecule has 0 aromatic carbocycles. The summed E-state index contributed by atoms with van der Waals surface area (Å²) in [7, 11) is 0. The fourth-order valence-electron chi connectivity index (χ4n) is 1.71. The summed E-state index contributed by atoms with van der Waals surface area (Å²) in [5, 5.41) is 5.55. The Bertz CT molecular complexity index is 350. The van der Waals surface area contributed by atoms with Crippen LogP contribution < -0.4 is 5.32 Å². The summed E-state index contributed by atoms with van der Waals surface area (Å²) in [6.45, 7) is 12.2. The highest BCUT2D eigenvalue weighted by Crippen LogP contribution is 2.29. The van der Waals surface area contributed by atoms with Crippen LogP contribution in [0, 0.1) is 6.92 Å². The zero-order chi connectivity index (χ0) is 13.5. The molecule has 0 saturated heterocycles. The van der Waals surface area contributed by atoms with Gasteiger partial charge in [0.1, 0.15) is 5.01 Å². The molecule has 0 saturated carbocycles. The molecule has 18 heavy (non-hydrogen) atoms. The summed E-state index contributed by atoms with van der Waals surface area (Å²) in [5.74, 6) is 1.06. The second-order valence-electron chi connectivity index (χ2n) is 4.76. The minimum Gasteiger partial charge on any atom is -0.309 e. The maximum absolute atomic E-state index is 4.70. The number of nitrogens with one attached hydrogen (secondary N) is 1. The van der Waals surface area contributed by atoms with Crippen molar-refractivity contribution < 1.29 is 0 Å². The summed E-state index contributed by atoms with van der Waals surface area (Å²) in [4.78, 5) is 6.11. The number of hydrogen-bond acceptors (Lipinski definition) is 4. The molecule has 4 heteroatoms. The molecule has 0 aliphatic rings. The summed E-state index contributed by atoms with van der Waals surface area (Å²) in [6, 6.07) is 0.435. The molecule has 1 N–H and O–H groups in total. The first kappa shape index (κ1) is 16.0. The average Bonchev–Trinajstić information content (AvgIpc) is 2.74. The molecule has 0 aliphatic heterocycles. The quantitative estimate of drug-likeness (QED) is 0.759. The second kappa shape index (κ2) is 8.18. The highest BCUT2D eigenvalue weighted by Gasteiger charge is 2.14. The molecule has 0 spiro atoms. The first-order chi connectivity index (χ1) is 8.58. The van der Waals surface area contributed by atoms with Crippen molar-refractivity contribution in [1.29, 1.82) is 0 Å². The predicted molar refractivity (Wildman–Crippen MR) is 84.6 cm³/mol. The zero-order valence-electron chi connectivity index (χ0n) is 12.2. The first-order valence-corrected chi connectivity index (χ1v) is 8.76. The van der Waals surface area contributed by atoms with Crippen molar-refractivity contribution in [3.05, 3.63) is 15.6 Å². The van der Waals surface area contributed by atoms with Gasteiger partial charge in [0.2, 0.25) is 0 Å². The van der Waals surface area contributed by atoms with E-state index in [1.165, 1.54) is 28.4 Å². The highest BCUT2D eigenvalue weighted by molar-refractivity contribution is 7.99. The van der Waals surface area contributed by atoms with Gasteiger partial charge in [-0.05, 0) is 33.2 Å². The van der Waals surface area contributed by atoms with E-state index in [1.54, 1.807) is 0 Å². The Morgan fingerprint density at radius 1 is 1.33 bits per heavy atom. The van der Waals surface area contributed by atoms with Crippen molar-refractivity contribution in [3.63, 3.8) is 0 Å². The fraction of sp³-hybridized carbons (Fsp3) is 0.786. The minimum absolute atomic E-state index is 0.435. The molecule has 2 nitrogen and oxygen atoms in total. The number of rotatable bonds is 8. The minimum atomic E-state index is 0.435. The van der Waals surface area contributed by atoms with Gasteiger partial charge >= 0.3 is 0 Å². The topological polar surface area (TPSA) is 24.9 Å². The normalized spacial score (nSPS) is 14.7. The Morgan fingerprint density at radius 3 is 2.67 bits per heavy atom. The van der Waals surface area contributed by atoms with Crippen LogP contribution in [0.4, 0.5) is 0 Å². The van der Waals surface area contributed by atoms with Crippen LogP contribution in [-0.2, 0) is 5.75 Å². The van der Waals surface area contributed by atoms with Gasteiger partial charge in [0, 0.05) is 21.9 Å². The van der Waals surface area contributed by atoms with Crippen molar-refractivity contribution in [2.75, 3.05) is 6.54 Å². The summed E-state index contributed by atoms with van der Waals surface area (Å²) < 4.78 is 0. The molecular weight excluding hydrogens is 260 g/mol. The Labute approximate surface area is 120 Å². The van der Waals surface area contributed by atoms with E-state index in [0.29, 0.717) is 6.04 Å². The molecule has 104 valence electrons. The number of aromatic nitrogens is 1. The van der Waals surface area contributed by atoms with Crippen LogP contribution in [0.25, 0.3) is 0 Å². The molecule has 1 heterocycles. The monoisotopic (exact) mass is 286 g/mol. The average molecular weight is 287 g/mol. The Hall–Kier alpha value is -0.0600. The Balaban J connectivity index is 2.57. The molecule has 0 radical (unpaired) electrons. The van der Waals surface area contributed by atoms with Gasteiger partial charge in [-0.1, -0.05) is 20.8 Å². The molecule has 1 aromatic rings. The van der Waals surface area contributed by atoms with E-state index in [4.69, 9.17) is 4.98 Å². The molecule has 2 unspecified atom stereocenters. The van der Waals surface area contributed by atoms with Gasteiger partial charge in [0.05, 0.1) is 5.69 Å². The number of nitrogens with zero attached hydrogens (tertiary/aromatic N) is 1. The van der Waals surface area contributed by atoms with Gasteiger partial charge in [-0.15, -0.1) is 11.3 Å². The number of thiazole rings is 1. The SMILES string of the molecule is CCCNC(C)c1sc(CSC(C)CC)nc1C. The van der Waals surface area contributed by atoms with Crippen LogP contribution in [0.15, 0.2) is 0 Å². The Kier molecular flexibility index (Phi) is 7.27.